The third-order valence-electron chi connectivity index (χ3n) is 5.06. The highest BCUT2D eigenvalue weighted by Gasteiger charge is 2.23. The molecule has 4 heterocycles. The number of hydrogen-bond donors (Lipinski definition) is 1. The number of amides is 1. The molecule has 0 radical (unpaired) electrons. The van der Waals surface area contributed by atoms with Gasteiger partial charge in [0.25, 0.3) is 5.91 Å². The number of morpholine rings is 1. The first kappa shape index (κ1) is 20.0. The molecule has 4 rings (SSSR count). The van der Waals surface area contributed by atoms with Gasteiger partial charge in [-0.1, -0.05) is 13.0 Å². The maximum atomic E-state index is 12.9. The summed E-state index contributed by atoms with van der Waals surface area (Å²) < 4.78 is 7.49. The fourth-order valence-electron chi connectivity index (χ4n) is 3.79. The van der Waals surface area contributed by atoms with Gasteiger partial charge in [0.1, 0.15) is 5.82 Å². The minimum atomic E-state index is -0.211. The summed E-state index contributed by atoms with van der Waals surface area (Å²) in [5.74, 6) is 1.36. The van der Waals surface area contributed by atoms with Crippen molar-refractivity contribution in [3.8, 4) is 5.82 Å². The highest BCUT2D eigenvalue weighted by molar-refractivity contribution is 6.05. The van der Waals surface area contributed by atoms with E-state index in [1.165, 1.54) is 0 Å². The molecule has 1 aliphatic rings. The first-order chi connectivity index (χ1) is 14.5. The van der Waals surface area contributed by atoms with E-state index in [2.05, 4.69) is 39.1 Å². The van der Waals surface area contributed by atoms with Crippen LogP contribution in [0.2, 0.25) is 0 Å². The van der Waals surface area contributed by atoms with Crippen LogP contribution >= 0.6 is 0 Å². The van der Waals surface area contributed by atoms with Crippen LogP contribution in [0.5, 0.6) is 0 Å². The van der Waals surface area contributed by atoms with E-state index in [0.717, 1.165) is 24.6 Å². The average Bonchev–Trinajstić information content (AvgIpc) is 3.18. The molecule has 1 amide bonds. The van der Waals surface area contributed by atoms with Gasteiger partial charge >= 0.3 is 0 Å². The second-order valence-electron chi connectivity index (χ2n) is 7.48. The lowest BCUT2D eigenvalue weighted by atomic mass is 10.2. The number of carbonyl (C=O) groups excluding carboxylic acids is 1. The van der Waals surface area contributed by atoms with Crippen molar-refractivity contribution >= 4 is 17.4 Å². The largest absolute Gasteiger partial charge is 0.372 e. The summed E-state index contributed by atoms with van der Waals surface area (Å²) in [5.41, 5.74) is 1.99. The van der Waals surface area contributed by atoms with Crippen molar-refractivity contribution in [2.45, 2.75) is 39.4 Å². The van der Waals surface area contributed by atoms with E-state index in [4.69, 9.17) is 4.74 Å². The Kier molecular flexibility index (Phi) is 5.76. The lowest BCUT2D eigenvalue weighted by Crippen LogP contribution is -2.45. The molecular weight excluding hydrogens is 380 g/mol. The van der Waals surface area contributed by atoms with E-state index in [1.54, 1.807) is 23.3 Å². The summed E-state index contributed by atoms with van der Waals surface area (Å²) in [4.78, 5) is 23.9. The topological polar surface area (TPSA) is 85.2 Å². The van der Waals surface area contributed by atoms with Gasteiger partial charge in [-0.3, -0.25) is 4.79 Å². The number of pyridine rings is 2. The maximum Gasteiger partial charge on any atom is 0.259 e. The fourth-order valence-corrected chi connectivity index (χ4v) is 3.79. The minimum absolute atomic E-state index is 0.165. The van der Waals surface area contributed by atoms with Crippen LogP contribution in [0.1, 0.15) is 36.8 Å². The maximum absolute atomic E-state index is 12.9. The van der Waals surface area contributed by atoms with Crippen LogP contribution in [0.3, 0.4) is 0 Å². The number of rotatable bonds is 5. The van der Waals surface area contributed by atoms with Crippen molar-refractivity contribution in [1.29, 1.82) is 0 Å². The highest BCUT2D eigenvalue weighted by Crippen LogP contribution is 2.21. The molecular formula is C22H26N6O2. The predicted molar refractivity (Wildman–Crippen MR) is 115 cm³/mol. The molecule has 1 aliphatic heterocycles. The molecule has 0 bridgehead atoms. The van der Waals surface area contributed by atoms with E-state index in [1.807, 2.05) is 37.3 Å². The molecule has 3 aromatic rings. The van der Waals surface area contributed by atoms with Crippen LogP contribution in [0, 0.1) is 0 Å². The number of nitrogens with one attached hydrogen (secondary N) is 1. The van der Waals surface area contributed by atoms with Gasteiger partial charge in [0.15, 0.2) is 5.82 Å². The number of carbonyl (C=O) groups is 1. The zero-order chi connectivity index (χ0) is 21.1. The van der Waals surface area contributed by atoms with Gasteiger partial charge in [-0.2, -0.15) is 5.10 Å². The summed E-state index contributed by atoms with van der Waals surface area (Å²) in [6, 6.07) is 9.41. The lowest BCUT2D eigenvalue weighted by Gasteiger charge is -2.36. The summed E-state index contributed by atoms with van der Waals surface area (Å²) in [6.07, 6.45) is 5.97. The Labute approximate surface area is 175 Å². The number of anilines is 2. The van der Waals surface area contributed by atoms with Crippen molar-refractivity contribution in [2.75, 3.05) is 23.3 Å². The smallest absolute Gasteiger partial charge is 0.259 e. The summed E-state index contributed by atoms with van der Waals surface area (Å²) >= 11 is 0. The van der Waals surface area contributed by atoms with Crippen molar-refractivity contribution in [3.63, 3.8) is 0 Å². The molecule has 2 unspecified atom stereocenters. The van der Waals surface area contributed by atoms with Crippen molar-refractivity contribution in [2.24, 2.45) is 0 Å². The van der Waals surface area contributed by atoms with Gasteiger partial charge in [0, 0.05) is 19.3 Å². The Morgan fingerprint density at radius 2 is 1.90 bits per heavy atom. The van der Waals surface area contributed by atoms with Gasteiger partial charge in [-0.05, 0) is 44.5 Å². The highest BCUT2D eigenvalue weighted by atomic mass is 16.5. The standard InChI is InChI=1S/C22H26N6O2/c1-4-19-18(12-25-28(19)21-7-5-6-10-23-21)22(29)26-17-8-9-20(24-11-17)27-13-15(2)30-16(3)14-27/h5-12,15-16H,4,13-14H2,1-3H3,(H,26,29). The Morgan fingerprint density at radius 3 is 2.53 bits per heavy atom. The number of nitrogens with zero attached hydrogens (tertiary/aromatic N) is 5. The fraction of sp³-hybridized carbons (Fsp3) is 0.364. The van der Waals surface area contributed by atoms with Crippen molar-refractivity contribution in [1.82, 2.24) is 19.7 Å². The molecule has 0 saturated carbocycles. The van der Waals surface area contributed by atoms with E-state index in [0.29, 0.717) is 23.5 Å². The minimum Gasteiger partial charge on any atom is -0.372 e. The SMILES string of the molecule is CCc1c(C(=O)Nc2ccc(N3CC(C)OC(C)C3)nc2)cnn1-c1ccccn1. The Morgan fingerprint density at radius 1 is 1.10 bits per heavy atom. The van der Waals surface area contributed by atoms with E-state index < -0.39 is 0 Å². The van der Waals surface area contributed by atoms with Gasteiger partial charge in [-0.15, -0.1) is 0 Å². The van der Waals surface area contributed by atoms with Gasteiger partial charge < -0.3 is 15.0 Å². The molecule has 8 nitrogen and oxygen atoms in total. The number of ether oxygens (including phenoxy) is 1. The van der Waals surface area contributed by atoms with Gasteiger partial charge in [0.2, 0.25) is 0 Å². The Bertz CT molecular complexity index is 992. The monoisotopic (exact) mass is 406 g/mol. The summed E-state index contributed by atoms with van der Waals surface area (Å²) in [6.45, 7) is 7.72. The Hall–Kier alpha value is -3.26. The first-order valence-electron chi connectivity index (χ1n) is 10.2. The molecule has 2 atom stereocenters. The zero-order valence-corrected chi connectivity index (χ0v) is 17.4. The molecule has 0 spiro atoms. The van der Waals surface area contributed by atoms with Gasteiger partial charge in [-0.25, -0.2) is 14.6 Å². The zero-order valence-electron chi connectivity index (χ0n) is 17.4. The second kappa shape index (κ2) is 8.62. The quantitative estimate of drug-likeness (QED) is 0.701. The van der Waals surface area contributed by atoms with Crippen molar-refractivity contribution < 1.29 is 9.53 Å². The van der Waals surface area contributed by atoms with Gasteiger partial charge in [0.05, 0.1) is 41.5 Å². The molecule has 3 aromatic heterocycles. The van der Waals surface area contributed by atoms with Crippen LogP contribution in [0.25, 0.3) is 5.82 Å². The van der Waals surface area contributed by atoms with Crippen LogP contribution in [0.4, 0.5) is 11.5 Å². The Balaban J connectivity index is 1.49. The molecule has 30 heavy (non-hydrogen) atoms. The molecule has 1 N–H and O–H groups in total. The average molecular weight is 406 g/mol. The van der Waals surface area contributed by atoms with E-state index in [-0.39, 0.29) is 18.1 Å². The lowest BCUT2D eigenvalue weighted by molar-refractivity contribution is -0.00545. The third kappa shape index (κ3) is 4.18. The molecule has 1 saturated heterocycles. The third-order valence-corrected chi connectivity index (χ3v) is 5.06. The molecule has 0 aliphatic carbocycles. The second-order valence-corrected chi connectivity index (χ2v) is 7.48. The van der Waals surface area contributed by atoms with Crippen LogP contribution in [-0.4, -0.2) is 51.0 Å². The van der Waals surface area contributed by atoms with Crippen LogP contribution < -0.4 is 10.2 Å². The molecule has 8 heteroatoms. The van der Waals surface area contributed by atoms with E-state index in [9.17, 15) is 4.79 Å². The summed E-state index contributed by atoms with van der Waals surface area (Å²) in [5, 5.41) is 7.30. The molecule has 1 fully saturated rings. The predicted octanol–water partition coefficient (Wildman–Crippen LogP) is 3.09. The number of aromatic nitrogens is 4. The molecule has 0 aromatic carbocycles. The normalized spacial score (nSPS) is 19.0. The van der Waals surface area contributed by atoms with Crippen LogP contribution in [0.15, 0.2) is 48.9 Å². The van der Waals surface area contributed by atoms with Crippen molar-refractivity contribution in [3.05, 3.63) is 60.2 Å². The van der Waals surface area contributed by atoms with Crippen LogP contribution in [-0.2, 0) is 11.2 Å². The first-order valence-corrected chi connectivity index (χ1v) is 10.2. The van der Waals surface area contributed by atoms with E-state index >= 15 is 0 Å². The molecule has 156 valence electrons. The summed E-state index contributed by atoms with van der Waals surface area (Å²) in [7, 11) is 0. The number of hydrogen-bond acceptors (Lipinski definition) is 6.